The fourth-order valence-corrected chi connectivity index (χ4v) is 5.49. The SMILES string of the molecule is Cc1ccc(S(=O)(=O)OC2CSC3(C2)CN(C(=O)O)C3)cc1. The van der Waals surface area contributed by atoms with E-state index in [0.29, 0.717) is 25.3 Å². The number of rotatable bonds is 3. The number of carboxylic acid groups (broad SMARTS) is 1. The van der Waals surface area contributed by atoms with E-state index in [0.717, 1.165) is 5.56 Å². The highest BCUT2D eigenvalue weighted by Crippen LogP contribution is 2.46. The van der Waals surface area contributed by atoms with Crippen molar-refractivity contribution in [3.63, 3.8) is 0 Å². The third kappa shape index (κ3) is 2.95. The number of likely N-dealkylation sites (tertiary alicyclic amines) is 1. The molecule has 8 heteroatoms. The van der Waals surface area contributed by atoms with E-state index in [2.05, 4.69) is 0 Å². The lowest BCUT2D eigenvalue weighted by molar-refractivity contribution is 0.0833. The molecule has 2 heterocycles. The van der Waals surface area contributed by atoms with E-state index >= 15 is 0 Å². The summed E-state index contributed by atoms with van der Waals surface area (Å²) in [6, 6.07) is 6.55. The van der Waals surface area contributed by atoms with Gasteiger partial charge in [-0.1, -0.05) is 17.7 Å². The second-order valence-corrected chi connectivity index (χ2v) is 8.88. The van der Waals surface area contributed by atoms with E-state index in [4.69, 9.17) is 9.29 Å². The first-order valence-electron chi connectivity index (χ1n) is 6.91. The van der Waals surface area contributed by atoms with Crippen LogP contribution in [0.4, 0.5) is 4.79 Å². The van der Waals surface area contributed by atoms with Gasteiger partial charge >= 0.3 is 6.09 Å². The van der Waals surface area contributed by atoms with Crippen LogP contribution in [-0.4, -0.2) is 54.2 Å². The molecule has 1 spiro atoms. The summed E-state index contributed by atoms with van der Waals surface area (Å²) in [6.07, 6.45) is -0.762. The zero-order chi connectivity index (χ0) is 16.0. The summed E-state index contributed by atoms with van der Waals surface area (Å²) in [5, 5.41) is 8.89. The molecule has 2 saturated heterocycles. The zero-order valence-corrected chi connectivity index (χ0v) is 13.7. The minimum atomic E-state index is -3.77. The van der Waals surface area contributed by atoms with Crippen molar-refractivity contribution in [2.24, 2.45) is 0 Å². The highest BCUT2D eigenvalue weighted by Gasteiger charge is 2.51. The van der Waals surface area contributed by atoms with Crippen molar-refractivity contribution in [3.8, 4) is 0 Å². The molecule has 22 heavy (non-hydrogen) atoms. The molecule has 1 atom stereocenters. The van der Waals surface area contributed by atoms with Crippen LogP contribution < -0.4 is 0 Å². The summed E-state index contributed by atoms with van der Waals surface area (Å²) in [5.41, 5.74) is 0.984. The Bertz CT molecular complexity index is 680. The molecule has 0 aliphatic carbocycles. The Morgan fingerprint density at radius 3 is 2.59 bits per heavy atom. The Balaban J connectivity index is 1.63. The lowest BCUT2D eigenvalue weighted by atomic mass is 9.94. The van der Waals surface area contributed by atoms with E-state index in [1.165, 1.54) is 17.0 Å². The third-order valence-corrected chi connectivity index (χ3v) is 6.93. The summed E-state index contributed by atoms with van der Waals surface area (Å²) in [5.74, 6) is 0.568. The minimum Gasteiger partial charge on any atom is -0.465 e. The summed E-state index contributed by atoms with van der Waals surface area (Å²) in [6.45, 7) is 2.77. The van der Waals surface area contributed by atoms with E-state index < -0.39 is 22.3 Å². The van der Waals surface area contributed by atoms with Crippen LogP contribution in [0.25, 0.3) is 0 Å². The van der Waals surface area contributed by atoms with E-state index in [9.17, 15) is 13.2 Å². The van der Waals surface area contributed by atoms with Crippen LogP contribution in [0, 0.1) is 6.92 Å². The Kier molecular flexibility index (Phi) is 3.86. The first-order chi connectivity index (χ1) is 10.3. The van der Waals surface area contributed by atoms with Crippen LogP contribution in [0.1, 0.15) is 12.0 Å². The van der Waals surface area contributed by atoms with Gasteiger partial charge in [-0.15, -0.1) is 11.8 Å². The van der Waals surface area contributed by atoms with Gasteiger partial charge in [0.15, 0.2) is 0 Å². The largest absolute Gasteiger partial charge is 0.465 e. The average molecular weight is 343 g/mol. The molecule has 1 aromatic rings. The van der Waals surface area contributed by atoms with Crippen molar-refractivity contribution in [1.82, 2.24) is 4.90 Å². The van der Waals surface area contributed by atoms with Crippen LogP contribution in [-0.2, 0) is 14.3 Å². The predicted octanol–water partition coefficient (Wildman–Crippen LogP) is 1.94. The van der Waals surface area contributed by atoms with Gasteiger partial charge in [0, 0.05) is 18.8 Å². The Morgan fingerprint density at radius 2 is 2.00 bits per heavy atom. The van der Waals surface area contributed by atoms with E-state index in [1.807, 2.05) is 6.92 Å². The van der Waals surface area contributed by atoms with Crippen molar-refractivity contribution >= 4 is 28.0 Å². The Morgan fingerprint density at radius 1 is 1.36 bits per heavy atom. The van der Waals surface area contributed by atoms with Crippen LogP contribution in [0.5, 0.6) is 0 Å². The van der Waals surface area contributed by atoms with Gasteiger partial charge in [0.25, 0.3) is 10.1 Å². The molecule has 120 valence electrons. The van der Waals surface area contributed by atoms with Gasteiger partial charge in [-0.2, -0.15) is 8.42 Å². The Labute approximate surface area is 133 Å². The molecule has 1 unspecified atom stereocenters. The van der Waals surface area contributed by atoms with Crippen molar-refractivity contribution in [1.29, 1.82) is 0 Å². The number of aryl methyl sites for hydroxylation is 1. The van der Waals surface area contributed by atoms with Crippen LogP contribution >= 0.6 is 11.8 Å². The molecular formula is C14H17NO5S2. The molecule has 6 nitrogen and oxygen atoms in total. The van der Waals surface area contributed by atoms with Gasteiger partial charge in [-0.3, -0.25) is 4.18 Å². The number of hydrogen-bond donors (Lipinski definition) is 1. The summed E-state index contributed by atoms with van der Waals surface area (Å²) < 4.78 is 29.7. The number of benzene rings is 1. The average Bonchev–Trinajstić information content (AvgIpc) is 2.80. The molecule has 2 aliphatic rings. The van der Waals surface area contributed by atoms with Crippen molar-refractivity contribution in [2.45, 2.75) is 29.1 Å². The number of amides is 1. The van der Waals surface area contributed by atoms with E-state index in [1.54, 1.807) is 23.9 Å². The fourth-order valence-electron chi connectivity index (χ4n) is 2.81. The van der Waals surface area contributed by atoms with Gasteiger partial charge in [0.1, 0.15) is 0 Å². The molecule has 1 amide bonds. The minimum absolute atomic E-state index is 0.157. The quantitative estimate of drug-likeness (QED) is 0.845. The van der Waals surface area contributed by atoms with Crippen molar-refractivity contribution in [3.05, 3.63) is 29.8 Å². The second kappa shape index (κ2) is 5.43. The molecule has 0 bridgehead atoms. The predicted molar refractivity (Wildman–Crippen MR) is 82.6 cm³/mol. The number of thioether (sulfide) groups is 1. The van der Waals surface area contributed by atoms with E-state index in [-0.39, 0.29) is 9.64 Å². The van der Waals surface area contributed by atoms with Crippen molar-refractivity contribution in [2.75, 3.05) is 18.8 Å². The van der Waals surface area contributed by atoms with Gasteiger partial charge in [-0.05, 0) is 25.5 Å². The molecular weight excluding hydrogens is 326 g/mol. The summed E-state index contributed by atoms with van der Waals surface area (Å²) >= 11 is 1.60. The second-order valence-electron chi connectivity index (χ2n) is 5.82. The van der Waals surface area contributed by atoms with Crippen LogP contribution in [0.2, 0.25) is 0 Å². The smallest absolute Gasteiger partial charge is 0.407 e. The maximum atomic E-state index is 12.3. The maximum Gasteiger partial charge on any atom is 0.407 e. The molecule has 2 aliphatic heterocycles. The number of nitrogens with zero attached hydrogens (tertiary/aromatic N) is 1. The van der Waals surface area contributed by atoms with Gasteiger partial charge in [0.05, 0.1) is 15.7 Å². The third-order valence-electron chi connectivity index (χ3n) is 3.98. The molecule has 1 N–H and O–H groups in total. The summed E-state index contributed by atoms with van der Waals surface area (Å²) in [4.78, 5) is 12.3. The molecule has 0 aromatic heterocycles. The molecule has 0 saturated carbocycles. The standard InChI is InChI=1S/C14H17NO5S2/c1-10-2-4-12(5-3-10)22(18,19)20-11-6-14(21-7-11)8-15(9-14)13(16)17/h2-5,11H,6-9H2,1H3,(H,16,17). The van der Waals surface area contributed by atoms with Crippen LogP contribution in [0.15, 0.2) is 29.2 Å². The number of carbonyl (C=O) groups is 1. The van der Waals surface area contributed by atoms with Gasteiger partial charge in [0.2, 0.25) is 0 Å². The first-order valence-corrected chi connectivity index (χ1v) is 9.31. The first kappa shape index (κ1) is 15.6. The lowest BCUT2D eigenvalue weighted by Crippen LogP contribution is -2.60. The molecule has 1 aromatic carbocycles. The summed E-state index contributed by atoms with van der Waals surface area (Å²) in [7, 11) is -3.77. The molecule has 3 rings (SSSR count). The van der Waals surface area contributed by atoms with Gasteiger partial charge < -0.3 is 10.0 Å². The molecule has 2 fully saturated rings. The normalized spacial score (nSPS) is 23.5. The zero-order valence-electron chi connectivity index (χ0n) is 12.1. The van der Waals surface area contributed by atoms with Gasteiger partial charge in [-0.25, -0.2) is 4.79 Å². The van der Waals surface area contributed by atoms with Crippen molar-refractivity contribution < 1.29 is 22.5 Å². The molecule has 0 radical (unpaired) electrons. The highest BCUT2D eigenvalue weighted by atomic mass is 32.2. The lowest BCUT2D eigenvalue weighted by Gasteiger charge is -2.45. The number of hydrogen-bond acceptors (Lipinski definition) is 5. The monoisotopic (exact) mass is 343 g/mol. The fraction of sp³-hybridized carbons (Fsp3) is 0.500. The van der Waals surface area contributed by atoms with Crippen LogP contribution in [0.3, 0.4) is 0 Å². The Hall–Kier alpha value is -1.25. The maximum absolute atomic E-state index is 12.3. The topological polar surface area (TPSA) is 83.9 Å². The highest BCUT2D eigenvalue weighted by molar-refractivity contribution is 8.01.